The summed E-state index contributed by atoms with van der Waals surface area (Å²) in [5.41, 5.74) is 0.449. The zero-order chi connectivity index (χ0) is 14.8. The molecule has 0 aliphatic heterocycles. The molecule has 2 rings (SSSR count). The maximum Gasteiger partial charge on any atom is 0.134 e. The van der Waals surface area contributed by atoms with Gasteiger partial charge >= 0.3 is 0 Å². The van der Waals surface area contributed by atoms with Crippen LogP contribution in [0.1, 0.15) is 25.8 Å². The molecule has 0 amide bonds. The Bertz CT molecular complexity index is 566. The standard InChI is InChI=1S/C15H19Cl2NO2/c1-3-18-13(9-14(16)17)15(2,19)11-5-4-10-6-7-20-12(10)8-11/h4-8,13-14,18-19H,3,9H2,1-2H3. The summed E-state index contributed by atoms with van der Waals surface area (Å²) in [6, 6.07) is 7.35. The highest BCUT2D eigenvalue weighted by Gasteiger charge is 2.34. The average molecular weight is 316 g/mol. The van der Waals surface area contributed by atoms with Crippen molar-refractivity contribution in [1.82, 2.24) is 5.32 Å². The lowest BCUT2D eigenvalue weighted by molar-refractivity contribution is 0.0138. The summed E-state index contributed by atoms with van der Waals surface area (Å²) < 4.78 is 5.39. The van der Waals surface area contributed by atoms with Gasteiger partial charge in [0.1, 0.15) is 16.0 Å². The Kier molecular flexibility index (Phi) is 4.97. The summed E-state index contributed by atoms with van der Waals surface area (Å²) in [7, 11) is 0. The van der Waals surface area contributed by atoms with Gasteiger partial charge in [-0.3, -0.25) is 0 Å². The van der Waals surface area contributed by atoms with Gasteiger partial charge in [0, 0.05) is 11.4 Å². The fourth-order valence-corrected chi connectivity index (χ4v) is 2.76. The van der Waals surface area contributed by atoms with Gasteiger partial charge in [0.2, 0.25) is 0 Å². The summed E-state index contributed by atoms with van der Waals surface area (Å²) in [6.45, 7) is 4.47. The number of alkyl halides is 2. The maximum absolute atomic E-state index is 10.9. The third kappa shape index (κ3) is 3.29. The Morgan fingerprint density at radius 1 is 1.35 bits per heavy atom. The van der Waals surface area contributed by atoms with Crippen molar-refractivity contribution in [1.29, 1.82) is 0 Å². The van der Waals surface area contributed by atoms with Gasteiger partial charge in [-0.05, 0) is 37.6 Å². The van der Waals surface area contributed by atoms with Gasteiger partial charge in [0.05, 0.1) is 6.26 Å². The van der Waals surface area contributed by atoms with E-state index in [9.17, 15) is 5.11 Å². The monoisotopic (exact) mass is 315 g/mol. The second-order valence-corrected chi connectivity index (χ2v) is 6.33. The van der Waals surface area contributed by atoms with Crippen LogP contribution in [-0.4, -0.2) is 22.5 Å². The highest BCUT2D eigenvalue weighted by molar-refractivity contribution is 6.44. The number of benzene rings is 1. The average Bonchev–Trinajstić information content (AvgIpc) is 2.84. The van der Waals surface area contributed by atoms with Crippen LogP contribution < -0.4 is 5.32 Å². The van der Waals surface area contributed by atoms with Gasteiger partial charge in [-0.15, -0.1) is 23.2 Å². The largest absolute Gasteiger partial charge is 0.464 e. The topological polar surface area (TPSA) is 45.4 Å². The molecule has 0 aliphatic carbocycles. The number of fused-ring (bicyclic) bond motifs is 1. The third-order valence-corrected chi connectivity index (χ3v) is 3.94. The molecule has 2 aromatic rings. The number of nitrogens with one attached hydrogen (secondary N) is 1. The molecule has 0 radical (unpaired) electrons. The third-order valence-electron chi connectivity index (χ3n) is 3.58. The molecule has 0 spiro atoms. The number of furan rings is 1. The highest BCUT2D eigenvalue weighted by Crippen LogP contribution is 2.31. The molecule has 0 aliphatic rings. The van der Waals surface area contributed by atoms with Crippen molar-refractivity contribution in [2.24, 2.45) is 0 Å². The minimum atomic E-state index is -1.08. The van der Waals surface area contributed by atoms with Crippen LogP contribution in [0.25, 0.3) is 11.0 Å². The zero-order valence-corrected chi connectivity index (χ0v) is 13.1. The summed E-state index contributed by atoms with van der Waals surface area (Å²) in [6.07, 6.45) is 2.10. The number of aliphatic hydroxyl groups is 1. The molecule has 3 nitrogen and oxygen atoms in total. The molecule has 5 heteroatoms. The predicted molar refractivity (Wildman–Crippen MR) is 83.4 cm³/mol. The highest BCUT2D eigenvalue weighted by atomic mass is 35.5. The Hall–Kier alpha value is -0.740. The van der Waals surface area contributed by atoms with Crippen molar-refractivity contribution in [3.63, 3.8) is 0 Å². The minimum Gasteiger partial charge on any atom is -0.464 e. The molecule has 0 fully saturated rings. The van der Waals surface area contributed by atoms with Gasteiger partial charge in [-0.2, -0.15) is 0 Å². The summed E-state index contributed by atoms with van der Waals surface area (Å²) in [5.74, 6) is 0. The molecule has 2 atom stereocenters. The summed E-state index contributed by atoms with van der Waals surface area (Å²) in [4.78, 5) is -0.530. The number of halogens is 2. The smallest absolute Gasteiger partial charge is 0.134 e. The van der Waals surface area contributed by atoms with Crippen molar-refractivity contribution in [3.8, 4) is 0 Å². The van der Waals surface area contributed by atoms with Crippen LogP contribution in [0.5, 0.6) is 0 Å². The SMILES string of the molecule is CCNC(CC(Cl)Cl)C(C)(O)c1ccc2ccoc2c1. The van der Waals surface area contributed by atoms with E-state index < -0.39 is 10.4 Å². The molecule has 0 saturated carbocycles. The second-order valence-electron chi connectivity index (χ2n) is 5.06. The lowest BCUT2D eigenvalue weighted by atomic mass is 9.86. The fourth-order valence-electron chi connectivity index (χ4n) is 2.41. The van der Waals surface area contributed by atoms with Crippen molar-refractivity contribution in [2.45, 2.75) is 36.7 Å². The van der Waals surface area contributed by atoms with Gasteiger partial charge in [0.25, 0.3) is 0 Å². The van der Waals surface area contributed by atoms with Crippen LogP contribution >= 0.6 is 23.2 Å². The molecule has 1 heterocycles. The minimum absolute atomic E-state index is 0.236. The maximum atomic E-state index is 10.9. The normalized spacial score (nSPS) is 16.5. The molecule has 110 valence electrons. The molecule has 1 aromatic heterocycles. The van der Waals surface area contributed by atoms with Crippen LogP contribution in [0, 0.1) is 0 Å². The van der Waals surface area contributed by atoms with Crippen LogP contribution in [0.4, 0.5) is 0 Å². The summed E-state index contributed by atoms with van der Waals surface area (Å²) in [5, 5.41) is 15.2. The summed E-state index contributed by atoms with van der Waals surface area (Å²) >= 11 is 11.8. The van der Waals surface area contributed by atoms with E-state index >= 15 is 0 Å². The fraction of sp³-hybridized carbons (Fsp3) is 0.467. The van der Waals surface area contributed by atoms with Crippen LogP contribution in [0.3, 0.4) is 0 Å². The first-order valence-electron chi connectivity index (χ1n) is 6.66. The Labute approximate surface area is 128 Å². The van der Waals surface area contributed by atoms with E-state index in [1.165, 1.54) is 0 Å². The van der Waals surface area contributed by atoms with E-state index in [0.29, 0.717) is 6.42 Å². The Morgan fingerprint density at radius 2 is 2.10 bits per heavy atom. The quantitative estimate of drug-likeness (QED) is 0.797. The van der Waals surface area contributed by atoms with E-state index in [1.807, 2.05) is 31.2 Å². The molecular formula is C15H19Cl2NO2. The molecule has 1 aromatic carbocycles. The Morgan fingerprint density at radius 3 is 2.75 bits per heavy atom. The van der Waals surface area contributed by atoms with Crippen LogP contribution in [-0.2, 0) is 5.60 Å². The molecule has 2 N–H and O–H groups in total. The molecular weight excluding hydrogens is 297 g/mol. The van der Waals surface area contributed by atoms with E-state index in [-0.39, 0.29) is 6.04 Å². The lowest BCUT2D eigenvalue weighted by Crippen LogP contribution is -2.47. The van der Waals surface area contributed by atoms with Gasteiger partial charge in [-0.1, -0.05) is 19.1 Å². The first-order chi connectivity index (χ1) is 9.45. The second kappa shape index (κ2) is 6.35. The van der Waals surface area contributed by atoms with Gasteiger partial charge < -0.3 is 14.8 Å². The van der Waals surface area contributed by atoms with Crippen LogP contribution in [0.2, 0.25) is 0 Å². The van der Waals surface area contributed by atoms with E-state index in [4.69, 9.17) is 27.6 Å². The van der Waals surface area contributed by atoms with Crippen molar-refractivity contribution in [2.75, 3.05) is 6.54 Å². The van der Waals surface area contributed by atoms with Gasteiger partial charge in [-0.25, -0.2) is 0 Å². The first kappa shape index (κ1) is 15.6. The number of hydrogen-bond donors (Lipinski definition) is 2. The molecule has 20 heavy (non-hydrogen) atoms. The zero-order valence-electron chi connectivity index (χ0n) is 11.6. The molecule has 0 saturated heterocycles. The molecule has 0 bridgehead atoms. The van der Waals surface area contributed by atoms with Crippen LogP contribution in [0.15, 0.2) is 34.9 Å². The molecule has 2 unspecified atom stereocenters. The van der Waals surface area contributed by atoms with Crippen molar-refractivity contribution in [3.05, 3.63) is 36.1 Å². The predicted octanol–water partition coefficient (Wildman–Crippen LogP) is 3.81. The lowest BCUT2D eigenvalue weighted by Gasteiger charge is -2.34. The number of likely N-dealkylation sites (N-methyl/N-ethyl adjacent to an activating group) is 1. The van der Waals surface area contributed by atoms with E-state index in [1.54, 1.807) is 13.2 Å². The Balaban J connectivity index is 2.33. The van der Waals surface area contributed by atoms with Crippen molar-refractivity contribution >= 4 is 34.2 Å². The van der Waals surface area contributed by atoms with Gasteiger partial charge in [0.15, 0.2) is 0 Å². The van der Waals surface area contributed by atoms with E-state index in [2.05, 4.69) is 5.32 Å². The van der Waals surface area contributed by atoms with Crippen molar-refractivity contribution < 1.29 is 9.52 Å². The number of hydrogen-bond acceptors (Lipinski definition) is 3. The number of rotatable bonds is 6. The first-order valence-corrected chi connectivity index (χ1v) is 7.54. The van der Waals surface area contributed by atoms with E-state index in [0.717, 1.165) is 23.1 Å².